The van der Waals surface area contributed by atoms with E-state index in [1.165, 1.54) is 5.56 Å². The van der Waals surface area contributed by atoms with Gasteiger partial charge in [-0.25, -0.2) is 0 Å². The molecule has 2 rings (SSSR count). The Balaban J connectivity index is 2.32. The summed E-state index contributed by atoms with van der Waals surface area (Å²) in [5, 5.41) is 9.10. The van der Waals surface area contributed by atoms with E-state index in [0.29, 0.717) is 0 Å². The van der Waals surface area contributed by atoms with Crippen molar-refractivity contribution < 1.29 is 0 Å². The molecule has 0 amide bonds. The van der Waals surface area contributed by atoms with Crippen molar-refractivity contribution in [3.05, 3.63) is 59.7 Å². The summed E-state index contributed by atoms with van der Waals surface area (Å²) < 4.78 is 0. The molecule has 0 heterocycles. The summed E-state index contributed by atoms with van der Waals surface area (Å²) in [4.78, 5) is 2.14. The molecule has 0 N–H and O–H groups in total. The van der Waals surface area contributed by atoms with Crippen molar-refractivity contribution in [2.45, 2.75) is 6.54 Å². The van der Waals surface area contributed by atoms with Gasteiger partial charge in [-0.05, 0) is 36.9 Å². The van der Waals surface area contributed by atoms with E-state index < -0.39 is 0 Å². The molecule has 2 heteroatoms. The van der Waals surface area contributed by atoms with Crippen LogP contribution >= 0.6 is 0 Å². The van der Waals surface area contributed by atoms with Gasteiger partial charge >= 0.3 is 0 Å². The average Bonchev–Trinajstić information content (AvgIpc) is 2.39. The lowest BCUT2D eigenvalue weighted by Crippen LogP contribution is -2.10. The van der Waals surface area contributed by atoms with Crippen LogP contribution in [0.5, 0.6) is 0 Å². The van der Waals surface area contributed by atoms with Crippen LogP contribution in [0.1, 0.15) is 11.1 Å². The SMILES string of the molecule is CN(C)Cc1ccc(-c2ccccc2C#N)cc1. The molecular formula is C16H16N2. The van der Waals surface area contributed by atoms with Gasteiger partial charge in [0.2, 0.25) is 0 Å². The first-order valence-corrected chi connectivity index (χ1v) is 5.94. The molecule has 2 aromatic carbocycles. The summed E-state index contributed by atoms with van der Waals surface area (Å²) >= 11 is 0. The average molecular weight is 236 g/mol. The van der Waals surface area contributed by atoms with Gasteiger partial charge in [0, 0.05) is 6.54 Å². The molecule has 0 aromatic heterocycles. The van der Waals surface area contributed by atoms with Crippen molar-refractivity contribution in [3.63, 3.8) is 0 Å². The van der Waals surface area contributed by atoms with Crippen LogP contribution in [0.15, 0.2) is 48.5 Å². The highest BCUT2D eigenvalue weighted by molar-refractivity contribution is 5.70. The lowest BCUT2D eigenvalue weighted by Gasteiger charge is -2.10. The van der Waals surface area contributed by atoms with E-state index in [1.807, 2.05) is 24.3 Å². The molecule has 0 bridgehead atoms. The third kappa shape index (κ3) is 2.77. The lowest BCUT2D eigenvalue weighted by atomic mass is 9.99. The maximum Gasteiger partial charge on any atom is 0.0998 e. The standard InChI is InChI=1S/C16H16N2/c1-18(2)12-13-7-9-14(10-8-13)16-6-4-3-5-15(16)11-17/h3-10H,12H2,1-2H3. The zero-order valence-electron chi connectivity index (χ0n) is 10.7. The van der Waals surface area contributed by atoms with Crippen molar-refractivity contribution in [3.8, 4) is 17.2 Å². The third-order valence-electron chi connectivity index (χ3n) is 2.81. The molecule has 18 heavy (non-hydrogen) atoms. The largest absolute Gasteiger partial charge is 0.305 e. The van der Waals surface area contributed by atoms with Crippen LogP contribution in [0.2, 0.25) is 0 Å². The predicted molar refractivity (Wildman–Crippen MR) is 74.0 cm³/mol. The van der Waals surface area contributed by atoms with Crippen LogP contribution < -0.4 is 0 Å². The van der Waals surface area contributed by atoms with Crippen LogP contribution in [-0.4, -0.2) is 19.0 Å². The van der Waals surface area contributed by atoms with Gasteiger partial charge in [0.1, 0.15) is 0 Å². The monoisotopic (exact) mass is 236 g/mol. The molecule has 90 valence electrons. The van der Waals surface area contributed by atoms with Crippen LogP contribution in [0.3, 0.4) is 0 Å². The molecule has 2 nitrogen and oxygen atoms in total. The van der Waals surface area contributed by atoms with E-state index in [0.717, 1.165) is 23.2 Å². The van der Waals surface area contributed by atoms with Crippen LogP contribution in [0, 0.1) is 11.3 Å². The zero-order chi connectivity index (χ0) is 13.0. The van der Waals surface area contributed by atoms with Gasteiger partial charge in [-0.15, -0.1) is 0 Å². The lowest BCUT2D eigenvalue weighted by molar-refractivity contribution is 0.402. The smallest absolute Gasteiger partial charge is 0.0998 e. The van der Waals surface area contributed by atoms with E-state index in [9.17, 15) is 0 Å². The normalized spacial score (nSPS) is 10.3. The Kier molecular flexibility index (Phi) is 3.76. The maximum atomic E-state index is 9.10. The first-order chi connectivity index (χ1) is 8.70. The summed E-state index contributed by atoms with van der Waals surface area (Å²) in [7, 11) is 4.11. The summed E-state index contributed by atoms with van der Waals surface area (Å²) in [5.41, 5.74) is 4.09. The summed E-state index contributed by atoms with van der Waals surface area (Å²) in [6.07, 6.45) is 0. The number of hydrogen-bond donors (Lipinski definition) is 0. The van der Waals surface area contributed by atoms with Crippen molar-refractivity contribution in [2.24, 2.45) is 0 Å². The highest BCUT2D eigenvalue weighted by Gasteiger charge is 2.03. The van der Waals surface area contributed by atoms with Crippen LogP contribution in [0.25, 0.3) is 11.1 Å². The summed E-state index contributed by atoms with van der Waals surface area (Å²) in [5.74, 6) is 0. The minimum Gasteiger partial charge on any atom is -0.305 e. The molecule has 2 aromatic rings. The van der Waals surface area contributed by atoms with Gasteiger partial charge in [0.25, 0.3) is 0 Å². The second-order valence-corrected chi connectivity index (χ2v) is 4.59. The van der Waals surface area contributed by atoms with Gasteiger partial charge in [0.05, 0.1) is 11.6 Å². The van der Waals surface area contributed by atoms with Crippen LogP contribution in [0.4, 0.5) is 0 Å². The second kappa shape index (κ2) is 5.48. The van der Waals surface area contributed by atoms with Crippen molar-refractivity contribution in [1.29, 1.82) is 5.26 Å². The molecule has 0 radical (unpaired) electrons. The minimum absolute atomic E-state index is 0.720. The molecule has 0 spiro atoms. The Bertz CT molecular complexity index is 562. The predicted octanol–water partition coefficient (Wildman–Crippen LogP) is 3.29. The van der Waals surface area contributed by atoms with Gasteiger partial charge in [0.15, 0.2) is 0 Å². The quantitative estimate of drug-likeness (QED) is 0.817. The fourth-order valence-corrected chi connectivity index (χ4v) is 1.99. The topological polar surface area (TPSA) is 27.0 Å². The van der Waals surface area contributed by atoms with E-state index >= 15 is 0 Å². The Labute approximate surface area is 108 Å². The molecule has 0 fully saturated rings. The summed E-state index contributed by atoms with van der Waals surface area (Å²) in [6, 6.07) is 18.3. The summed E-state index contributed by atoms with van der Waals surface area (Å²) in [6.45, 7) is 0.931. The number of hydrogen-bond acceptors (Lipinski definition) is 2. The molecule has 0 saturated carbocycles. The minimum atomic E-state index is 0.720. The number of benzene rings is 2. The van der Waals surface area contributed by atoms with E-state index in [4.69, 9.17) is 5.26 Å². The highest BCUT2D eigenvalue weighted by Crippen LogP contribution is 2.23. The molecular weight excluding hydrogens is 220 g/mol. The molecule has 0 unspecified atom stereocenters. The fourth-order valence-electron chi connectivity index (χ4n) is 1.99. The maximum absolute atomic E-state index is 9.10. The number of nitriles is 1. The Hall–Kier alpha value is -2.11. The molecule has 0 atom stereocenters. The van der Waals surface area contributed by atoms with Crippen LogP contribution in [-0.2, 0) is 6.54 Å². The fraction of sp³-hybridized carbons (Fsp3) is 0.188. The number of nitrogens with zero attached hydrogens (tertiary/aromatic N) is 2. The molecule has 0 aliphatic rings. The Morgan fingerprint density at radius 2 is 1.67 bits per heavy atom. The van der Waals surface area contributed by atoms with E-state index in [2.05, 4.69) is 49.3 Å². The van der Waals surface area contributed by atoms with Gasteiger partial charge < -0.3 is 4.90 Å². The van der Waals surface area contributed by atoms with Gasteiger partial charge in [-0.1, -0.05) is 42.5 Å². The highest BCUT2D eigenvalue weighted by atomic mass is 15.0. The van der Waals surface area contributed by atoms with E-state index in [1.54, 1.807) is 0 Å². The van der Waals surface area contributed by atoms with Crippen molar-refractivity contribution in [1.82, 2.24) is 4.90 Å². The second-order valence-electron chi connectivity index (χ2n) is 4.59. The molecule has 0 aliphatic carbocycles. The van der Waals surface area contributed by atoms with E-state index in [-0.39, 0.29) is 0 Å². The third-order valence-corrected chi connectivity index (χ3v) is 2.81. The van der Waals surface area contributed by atoms with Crippen molar-refractivity contribution in [2.75, 3.05) is 14.1 Å². The first-order valence-electron chi connectivity index (χ1n) is 5.94. The Morgan fingerprint density at radius 1 is 1.00 bits per heavy atom. The molecule has 0 aliphatic heterocycles. The first kappa shape index (κ1) is 12.3. The molecule has 0 saturated heterocycles. The Morgan fingerprint density at radius 3 is 2.28 bits per heavy atom. The van der Waals surface area contributed by atoms with Gasteiger partial charge in [-0.2, -0.15) is 5.26 Å². The van der Waals surface area contributed by atoms with Crippen molar-refractivity contribution >= 4 is 0 Å². The number of rotatable bonds is 3. The van der Waals surface area contributed by atoms with Gasteiger partial charge in [-0.3, -0.25) is 0 Å². The zero-order valence-corrected chi connectivity index (χ0v) is 10.7.